The van der Waals surface area contributed by atoms with Crippen LogP contribution in [0.5, 0.6) is 5.75 Å². The Morgan fingerprint density at radius 1 is 1.47 bits per heavy atom. The van der Waals surface area contributed by atoms with E-state index in [0.29, 0.717) is 31.2 Å². The number of hydrogen-bond donors (Lipinski definition) is 2. The number of nitrogens with one attached hydrogen (secondary N) is 1. The van der Waals surface area contributed by atoms with Crippen LogP contribution in [0.25, 0.3) is 0 Å². The van der Waals surface area contributed by atoms with E-state index in [1.807, 2.05) is 31.2 Å². The highest BCUT2D eigenvalue weighted by Crippen LogP contribution is 2.26. The summed E-state index contributed by atoms with van der Waals surface area (Å²) in [5.41, 5.74) is 0.785. The first-order chi connectivity index (χ1) is 9.20. The molecule has 4 nitrogen and oxygen atoms in total. The second kappa shape index (κ2) is 6.57. The minimum Gasteiger partial charge on any atom is -0.493 e. The number of amides is 1. The summed E-state index contributed by atoms with van der Waals surface area (Å²) >= 11 is 0. The van der Waals surface area contributed by atoms with Crippen molar-refractivity contribution >= 4 is 5.91 Å². The minimum absolute atomic E-state index is 0.0380. The normalized spacial score (nSPS) is 15.9. The van der Waals surface area contributed by atoms with Crippen LogP contribution in [0.2, 0.25) is 0 Å². The molecule has 2 rings (SSSR count). The molecule has 19 heavy (non-hydrogen) atoms. The van der Waals surface area contributed by atoms with Crippen molar-refractivity contribution in [2.24, 2.45) is 0 Å². The maximum Gasteiger partial charge on any atom is 0.223 e. The topological polar surface area (TPSA) is 58.6 Å². The zero-order valence-corrected chi connectivity index (χ0v) is 11.3. The van der Waals surface area contributed by atoms with Crippen LogP contribution in [0, 0.1) is 0 Å². The van der Waals surface area contributed by atoms with Gasteiger partial charge in [-0.3, -0.25) is 4.79 Å². The molecule has 4 heteroatoms. The van der Waals surface area contributed by atoms with Crippen molar-refractivity contribution in [3.05, 3.63) is 29.8 Å². The minimum atomic E-state index is -0.517. The number of carbonyl (C=O) groups excluding carboxylic acids is 1. The van der Waals surface area contributed by atoms with E-state index in [1.165, 1.54) is 0 Å². The van der Waals surface area contributed by atoms with Gasteiger partial charge in [0.25, 0.3) is 0 Å². The monoisotopic (exact) mass is 263 g/mol. The Balaban J connectivity index is 1.82. The summed E-state index contributed by atoms with van der Waals surface area (Å²) in [4.78, 5) is 11.5. The van der Waals surface area contributed by atoms with Crippen molar-refractivity contribution in [2.45, 2.75) is 44.8 Å². The molecule has 1 aromatic rings. The molecule has 1 saturated carbocycles. The molecular weight excluding hydrogens is 242 g/mol. The molecule has 1 unspecified atom stereocenters. The molecule has 1 amide bonds. The van der Waals surface area contributed by atoms with Gasteiger partial charge < -0.3 is 15.2 Å². The van der Waals surface area contributed by atoms with Crippen LogP contribution in [0.4, 0.5) is 0 Å². The average Bonchev–Trinajstić information content (AvgIpc) is 3.22. The Kier molecular flexibility index (Phi) is 4.80. The summed E-state index contributed by atoms with van der Waals surface area (Å²) < 4.78 is 5.61. The van der Waals surface area contributed by atoms with Gasteiger partial charge in [0, 0.05) is 11.6 Å². The number of benzene rings is 1. The molecule has 104 valence electrons. The molecule has 1 aliphatic rings. The van der Waals surface area contributed by atoms with Crippen LogP contribution in [-0.2, 0) is 4.79 Å². The van der Waals surface area contributed by atoms with Gasteiger partial charge >= 0.3 is 0 Å². The van der Waals surface area contributed by atoms with Gasteiger partial charge in [-0.2, -0.15) is 0 Å². The predicted octanol–water partition coefficient (Wildman–Crippen LogP) is 2.18. The molecule has 0 saturated heterocycles. The quantitative estimate of drug-likeness (QED) is 0.792. The summed E-state index contributed by atoms with van der Waals surface area (Å²) in [5.74, 6) is 0.701. The SMILES string of the molecule is CCC(O)c1ccccc1OCCC(=O)NC1CC1. The van der Waals surface area contributed by atoms with Crippen LogP contribution in [0.15, 0.2) is 24.3 Å². The fourth-order valence-corrected chi connectivity index (χ4v) is 1.89. The maximum absolute atomic E-state index is 11.5. The first-order valence-corrected chi connectivity index (χ1v) is 6.90. The first-order valence-electron chi connectivity index (χ1n) is 6.90. The third kappa shape index (κ3) is 4.24. The van der Waals surface area contributed by atoms with Gasteiger partial charge in [0.1, 0.15) is 5.75 Å². The molecule has 0 radical (unpaired) electrons. The second-order valence-electron chi connectivity index (χ2n) is 4.90. The van der Waals surface area contributed by atoms with Crippen molar-refractivity contribution in [1.82, 2.24) is 5.32 Å². The van der Waals surface area contributed by atoms with Crippen LogP contribution < -0.4 is 10.1 Å². The van der Waals surface area contributed by atoms with Crippen LogP contribution in [0.3, 0.4) is 0 Å². The van der Waals surface area contributed by atoms with Gasteiger partial charge in [-0.15, -0.1) is 0 Å². The Morgan fingerprint density at radius 2 is 2.21 bits per heavy atom. The van der Waals surface area contributed by atoms with Gasteiger partial charge in [-0.25, -0.2) is 0 Å². The van der Waals surface area contributed by atoms with Gasteiger partial charge in [0.05, 0.1) is 19.1 Å². The van der Waals surface area contributed by atoms with E-state index in [1.54, 1.807) is 0 Å². The number of ether oxygens (including phenoxy) is 1. The number of rotatable bonds is 7. The largest absolute Gasteiger partial charge is 0.493 e. The molecule has 1 aromatic carbocycles. The highest BCUT2D eigenvalue weighted by atomic mass is 16.5. The van der Waals surface area contributed by atoms with Gasteiger partial charge in [-0.1, -0.05) is 25.1 Å². The highest BCUT2D eigenvalue weighted by molar-refractivity contribution is 5.76. The standard InChI is InChI=1S/C15H21NO3/c1-2-13(17)12-5-3-4-6-14(12)19-10-9-15(18)16-11-7-8-11/h3-6,11,13,17H,2,7-10H2,1H3,(H,16,18). The summed E-state index contributed by atoms with van der Waals surface area (Å²) in [7, 11) is 0. The van der Waals surface area contributed by atoms with E-state index in [-0.39, 0.29) is 5.91 Å². The lowest BCUT2D eigenvalue weighted by atomic mass is 10.1. The number of hydrogen-bond acceptors (Lipinski definition) is 3. The highest BCUT2D eigenvalue weighted by Gasteiger charge is 2.22. The second-order valence-corrected chi connectivity index (χ2v) is 4.90. The van der Waals surface area contributed by atoms with Crippen LogP contribution in [0.1, 0.15) is 44.3 Å². The summed E-state index contributed by atoms with van der Waals surface area (Å²) in [6.07, 6.45) is 2.67. The van der Waals surface area contributed by atoms with Crippen molar-refractivity contribution < 1.29 is 14.6 Å². The van der Waals surface area contributed by atoms with E-state index < -0.39 is 6.10 Å². The van der Waals surface area contributed by atoms with Crippen molar-refractivity contribution in [3.8, 4) is 5.75 Å². The smallest absolute Gasteiger partial charge is 0.223 e. The maximum atomic E-state index is 11.5. The summed E-state index contributed by atoms with van der Waals surface area (Å²) in [6.45, 7) is 2.26. The number of aliphatic hydroxyl groups is 1. The van der Waals surface area contributed by atoms with Crippen molar-refractivity contribution in [2.75, 3.05) is 6.61 Å². The molecule has 0 aliphatic heterocycles. The average molecular weight is 263 g/mol. The molecule has 0 aromatic heterocycles. The lowest BCUT2D eigenvalue weighted by Gasteiger charge is -2.14. The van der Waals surface area contributed by atoms with Crippen LogP contribution in [-0.4, -0.2) is 23.7 Å². The first kappa shape index (κ1) is 13.9. The summed E-state index contributed by atoms with van der Waals surface area (Å²) in [5, 5.41) is 12.8. The molecule has 0 heterocycles. The Labute approximate surface area is 113 Å². The van der Waals surface area contributed by atoms with Crippen LogP contribution >= 0.6 is 0 Å². The van der Waals surface area contributed by atoms with E-state index >= 15 is 0 Å². The molecular formula is C15H21NO3. The van der Waals surface area contributed by atoms with Crippen molar-refractivity contribution in [1.29, 1.82) is 0 Å². The molecule has 0 bridgehead atoms. The van der Waals surface area contributed by atoms with E-state index in [4.69, 9.17) is 4.74 Å². The molecule has 1 aliphatic carbocycles. The number of carbonyl (C=O) groups is 1. The lowest BCUT2D eigenvalue weighted by molar-refractivity contribution is -0.121. The lowest BCUT2D eigenvalue weighted by Crippen LogP contribution is -2.26. The van der Waals surface area contributed by atoms with Crippen molar-refractivity contribution in [3.63, 3.8) is 0 Å². The summed E-state index contributed by atoms with van der Waals surface area (Å²) in [6, 6.07) is 7.81. The predicted molar refractivity (Wildman–Crippen MR) is 73.0 cm³/mol. The molecule has 2 N–H and O–H groups in total. The van der Waals surface area contributed by atoms with Gasteiger partial charge in [-0.05, 0) is 25.3 Å². The zero-order chi connectivity index (χ0) is 13.7. The Morgan fingerprint density at radius 3 is 2.89 bits per heavy atom. The van der Waals surface area contributed by atoms with E-state index in [0.717, 1.165) is 18.4 Å². The Hall–Kier alpha value is -1.55. The molecule has 1 atom stereocenters. The molecule has 0 spiro atoms. The van der Waals surface area contributed by atoms with E-state index in [2.05, 4.69) is 5.32 Å². The van der Waals surface area contributed by atoms with E-state index in [9.17, 15) is 9.90 Å². The third-order valence-electron chi connectivity index (χ3n) is 3.19. The van der Waals surface area contributed by atoms with Gasteiger partial charge in [0.2, 0.25) is 5.91 Å². The fraction of sp³-hybridized carbons (Fsp3) is 0.533. The number of para-hydroxylation sites is 1. The molecule has 1 fully saturated rings. The Bertz CT molecular complexity index is 429. The fourth-order valence-electron chi connectivity index (χ4n) is 1.89. The zero-order valence-electron chi connectivity index (χ0n) is 11.3. The number of aliphatic hydroxyl groups excluding tert-OH is 1. The third-order valence-corrected chi connectivity index (χ3v) is 3.19. The van der Waals surface area contributed by atoms with Gasteiger partial charge in [0.15, 0.2) is 0 Å².